The predicted octanol–water partition coefficient (Wildman–Crippen LogP) is 2.43. The van der Waals surface area contributed by atoms with E-state index in [9.17, 15) is 18.4 Å². The van der Waals surface area contributed by atoms with Crippen LogP contribution in [0.3, 0.4) is 0 Å². The maximum absolute atomic E-state index is 13.3. The number of esters is 1. The molecule has 30 heavy (non-hydrogen) atoms. The first kappa shape index (κ1) is 20.9. The molecule has 0 aliphatic carbocycles. The Hall–Kier alpha value is -3.83. The van der Waals surface area contributed by atoms with Gasteiger partial charge in [-0.1, -0.05) is 0 Å². The Morgan fingerprint density at radius 3 is 2.33 bits per heavy atom. The molecule has 12 heteroatoms. The fourth-order valence-electron chi connectivity index (χ4n) is 2.71. The highest BCUT2D eigenvalue weighted by Crippen LogP contribution is 2.34. The molecule has 0 radical (unpaired) electrons. The Morgan fingerprint density at radius 2 is 1.73 bits per heavy atom. The van der Waals surface area contributed by atoms with Crippen molar-refractivity contribution in [2.45, 2.75) is 13.3 Å². The van der Waals surface area contributed by atoms with Crippen LogP contribution in [0.25, 0.3) is 5.78 Å². The highest BCUT2D eigenvalue weighted by Gasteiger charge is 2.23. The minimum atomic E-state index is -2.84. The van der Waals surface area contributed by atoms with E-state index >= 15 is 0 Å². The molecule has 158 valence electrons. The van der Waals surface area contributed by atoms with Crippen molar-refractivity contribution in [3.63, 3.8) is 0 Å². The number of hydrogen-bond donors (Lipinski definition) is 1. The van der Waals surface area contributed by atoms with Crippen molar-refractivity contribution in [1.82, 2.24) is 19.6 Å². The van der Waals surface area contributed by atoms with Crippen LogP contribution in [0.4, 0.5) is 14.5 Å². The first-order valence-electron chi connectivity index (χ1n) is 8.47. The summed E-state index contributed by atoms with van der Waals surface area (Å²) in [6, 6.07) is 3.83. The van der Waals surface area contributed by atoms with Crippen LogP contribution in [0.1, 0.15) is 38.8 Å². The zero-order valence-electron chi connectivity index (χ0n) is 16.4. The van der Waals surface area contributed by atoms with Gasteiger partial charge in [0.15, 0.2) is 11.5 Å². The summed E-state index contributed by atoms with van der Waals surface area (Å²) in [4.78, 5) is 32.7. The molecule has 2 aromatic heterocycles. The van der Waals surface area contributed by atoms with Gasteiger partial charge in [0, 0.05) is 17.8 Å². The van der Waals surface area contributed by atoms with Crippen LogP contribution in [-0.4, -0.2) is 52.8 Å². The number of ether oxygens (including phenoxy) is 3. The second kappa shape index (κ2) is 8.27. The number of fused-ring (bicyclic) bond motifs is 1. The molecule has 10 nitrogen and oxygen atoms in total. The quantitative estimate of drug-likeness (QED) is 0.603. The van der Waals surface area contributed by atoms with Crippen LogP contribution in [0.2, 0.25) is 0 Å². The van der Waals surface area contributed by atoms with Gasteiger partial charge in [-0.2, -0.15) is 9.50 Å². The van der Waals surface area contributed by atoms with E-state index in [0.717, 1.165) is 10.6 Å². The van der Waals surface area contributed by atoms with Crippen LogP contribution in [0, 0.1) is 6.92 Å². The number of hydrogen-bond acceptors (Lipinski definition) is 8. The van der Waals surface area contributed by atoms with E-state index in [1.54, 1.807) is 0 Å². The predicted molar refractivity (Wildman–Crippen MR) is 99.3 cm³/mol. The molecule has 0 bridgehead atoms. The summed E-state index contributed by atoms with van der Waals surface area (Å²) < 4.78 is 42.4. The molecule has 0 saturated carbocycles. The molecule has 0 aliphatic heterocycles. The van der Waals surface area contributed by atoms with Crippen LogP contribution < -0.4 is 14.8 Å². The van der Waals surface area contributed by atoms with E-state index in [-0.39, 0.29) is 28.5 Å². The lowest BCUT2D eigenvalue weighted by molar-refractivity contribution is 0.0601. The van der Waals surface area contributed by atoms with Gasteiger partial charge >= 0.3 is 5.97 Å². The van der Waals surface area contributed by atoms with Gasteiger partial charge in [-0.15, -0.1) is 5.10 Å². The summed E-state index contributed by atoms with van der Waals surface area (Å²) in [6.07, 6.45) is -2.84. The number of carbonyl (C=O) groups is 2. The number of carbonyl (C=O) groups excluding carboxylic acids is 2. The average molecular weight is 421 g/mol. The second-order valence-electron chi connectivity index (χ2n) is 5.97. The van der Waals surface area contributed by atoms with Crippen molar-refractivity contribution >= 4 is 23.3 Å². The molecule has 0 aliphatic rings. The molecule has 0 unspecified atom stereocenters. The van der Waals surface area contributed by atoms with Crippen molar-refractivity contribution in [2.24, 2.45) is 0 Å². The molecule has 1 aromatic carbocycles. The Morgan fingerprint density at radius 1 is 1.07 bits per heavy atom. The normalized spacial score (nSPS) is 10.9. The number of halogens is 2. The van der Waals surface area contributed by atoms with Gasteiger partial charge in [-0.25, -0.2) is 18.6 Å². The third-order valence-electron chi connectivity index (χ3n) is 4.07. The molecule has 0 fully saturated rings. The molecular weight excluding hydrogens is 404 g/mol. The Bertz CT molecular complexity index is 1130. The molecule has 1 N–H and O–H groups in total. The van der Waals surface area contributed by atoms with Gasteiger partial charge in [0.05, 0.1) is 32.6 Å². The van der Waals surface area contributed by atoms with E-state index in [1.165, 1.54) is 40.4 Å². The molecule has 1 amide bonds. The van der Waals surface area contributed by atoms with Gasteiger partial charge < -0.3 is 19.5 Å². The summed E-state index contributed by atoms with van der Waals surface area (Å²) >= 11 is 0. The maximum atomic E-state index is 13.3. The number of nitrogens with one attached hydrogen (secondary N) is 1. The van der Waals surface area contributed by atoms with Crippen molar-refractivity contribution in [3.05, 3.63) is 41.0 Å². The fraction of sp³-hybridized carbons (Fsp3) is 0.278. The van der Waals surface area contributed by atoms with Gasteiger partial charge in [-0.05, 0) is 13.0 Å². The third kappa shape index (κ3) is 3.83. The van der Waals surface area contributed by atoms with Crippen LogP contribution in [-0.2, 0) is 4.74 Å². The number of rotatable bonds is 6. The van der Waals surface area contributed by atoms with Crippen molar-refractivity contribution in [1.29, 1.82) is 0 Å². The van der Waals surface area contributed by atoms with Crippen molar-refractivity contribution in [2.75, 3.05) is 26.6 Å². The highest BCUT2D eigenvalue weighted by atomic mass is 19.3. The summed E-state index contributed by atoms with van der Waals surface area (Å²) in [6.45, 7) is 1.52. The standard InChI is InChI=1S/C18H17F2N5O5/c1-8-5-11(14(19)20)25-18(21-8)23-15(24-25)16(26)22-10-7-13(29-3)12(28-2)6-9(10)17(27)30-4/h5-7,14H,1-4H3,(H,22,26). The minimum Gasteiger partial charge on any atom is -0.493 e. The van der Waals surface area contributed by atoms with E-state index in [1.807, 2.05) is 0 Å². The number of aryl methyl sites for hydroxylation is 1. The first-order chi connectivity index (χ1) is 14.3. The fourth-order valence-corrected chi connectivity index (χ4v) is 2.71. The minimum absolute atomic E-state index is 0.0190. The highest BCUT2D eigenvalue weighted by molar-refractivity contribution is 6.07. The third-order valence-corrected chi connectivity index (χ3v) is 4.07. The number of aromatic nitrogens is 4. The SMILES string of the molecule is COC(=O)c1cc(OC)c(OC)cc1NC(=O)c1nc2nc(C)cc(C(F)F)n2n1. The van der Waals surface area contributed by atoms with Crippen molar-refractivity contribution < 1.29 is 32.6 Å². The van der Waals surface area contributed by atoms with Gasteiger partial charge in [0.25, 0.3) is 18.1 Å². The number of methoxy groups -OCH3 is 3. The average Bonchev–Trinajstić information content (AvgIpc) is 3.15. The number of nitrogens with zero attached hydrogens (tertiary/aromatic N) is 4. The van der Waals surface area contributed by atoms with Crippen LogP contribution >= 0.6 is 0 Å². The molecule has 3 aromatic rings. The van der Waals surface area contributed by atoms with Crippen molar-refractivity contribution in [3.8, 4) is 11.5 Å². The molecule has 2 heterocycles. The maximum Gasteiger partial charge on any atom is 0.340 e. The number of benzene rings is 1. The lowest BCUT2D eigenvalue weighted by Crippen LogP contribution is -2.17. The van der Waals surface area contributed by atoms with Gasteiger partial charge in [0.1, 0.15) is 5.69 Å². The molecule has 3 rings (SSSR count). The summed E-state index contributed by atoms with van der Waals surface area (Å²) in [7, 11) is 3.94. The molecule has 0 atom stereocenters. The number of alkyl halides is 2. The Kier molecular flexibility index (Phi) is 5.76. The monoisotopic (exact) mass is 421 g/mol. The molecular formula is C18H17F2N5O5. The lowest BCUT2D eigenvalue weighted by Gasteiger charge is -2.14. The zero-order chi connectivity index (χ0) is 22.0. The van der Waals surface area contributed by atoms with E-state index < -0.39 is 29.8 Å². The lowest BCUT2D eigenvalue weighted by atomic mass is 10.1. The molecule has 0 spiro atoms. The topological polar surface area (TPSA) is 117 Å². The summed E-state index contributed by atoms with van der Waals surface area (Å²) in [5.74, 6) is -1.69. The molecule has 0 saturated heterocycles. The van der Waals surface area contributed by atoms with Gasteiger partial charge in [-0.3, -0.25) is 4.79 Å². The van der Waals surface area contributed by atoms with Crippen LogP contribution in [0.15, 0.2) is 18.2 Å². The van der Waals surface area contributed by atoms with Gasteiger partial charge in [0.2, 0.25) is 5.82 Å². The summed E-state index contributed by atoms with van der Waals surface area (Å²) in [5, 5.41) is 6.28. The number of anilines is 1. The number of amides is 1. The Labute approximate surface area is 168 Å². The van der Waals surface area contributed by atoms with E-state index in [4.69, 9.17) is 14.2 Å². The Balaban J connectivity index is 2.03. The summed E-state index contributed by atoms with van der Waals surface area (Å²) in [5.41, 5.74) is -0.147. The van der Waals surface area contributed by atoms with Crippen LogP contribution in [0.5, 0.6) is 11.5 Å². The smallest absolute Gasteiger partial charge is 0.340 e. The first-order valence-corrected chi connectivity index (χ1v) is 8.47. The zero-order valence-corrected chi connectivity index (χ0v) is 16.4. The second-order valence-corrected chi connectivity index (χ2v) is 5.97. The van der Waals surface area contributed by atoms with E-state index in [2.05, 4.69) is 20.4 Å². The van der Waals surface area contributed by atoms with E-state index in [0.29, 0.717) is 5.69 Å². The largest absolute Gasteiger partial charge is 0.493 e.